The number of hydrogen-bond acceptors (Lipinski definition) is 2. The molecule has 0 saturated carbocycles. The predicted molar refractivity (Wildman–Crippen MR) is 155 cm³/mol. The van der Waals surface area contributed by atoms with Gasteiger partial charge in [-0.15, -0.1) is 0 Å². The number of nitrogens with one attached hydrogen (secondary N) is 2. The molecule has 0 aliphatic rings. The van der Waals surface area contributed by atoms with Crippen molar-refractivity contribution in [2.45, 2.75) is 17.8 Å². The van der Waals surface area contributed by atoms with E-state index in [4.69, 9.17) is 46.4 Å². The van der Waals surface area contributed by atoms with Gasteiger partial charge in [0.2, 0.25) is 5.41 Å². The summed E-state index contributed by atoms with van der Waals surface area (Å²) in [6.45, 7) is 0. The lowest BCUT2D eigenvalue weighted by molar-refractivity contribution is -0.288. The van der Waals surface area contributed by atoms with E-state index in [9.17, 15) is 35.9 Å². The quantitative estimate of drug-likeness (QED) is 0.199. The van der Waals surface area contributed by atoms with Crippen LogP contribution in [0.2, 0.25) is 20.1 Å². The van der Waals surface area contributed by atoms with Crippen molar-refractivity contribution in [1.82, 2.24) is 0 Å². The smallest absolute Gasteiger partial charge is 0.319 e. The molecular formula is C29H16Cl4F6N2O2. The van der Waals surface area contributed by atoms with Crippen LogP contribution >= 0.6 is 46.4 Å². The first-order chi connectivity index (χ1) is 20.1. The second kappa shape index (κ2) is 12.3. The molecular weight excluding hydrogens is 664 g/mol. The molecule has 0 unspecified atom stereocenters. The minimum absolute atomic E-state index is 0.127. The summed E-state index contributed by atoms with van der Waals surface area (Å²) >= 11 is 24.5. The molecule has 0 atom stereocenters. The third-order valence-electron chi connectivity index (χ3n) is 6.35. The van der Waals surface area contributed by atoms with E-state index in [1.165, 1.54) is 48.5 Å². The molecule has 4 aromatic carbocycles. The molecule has 0 heterocycles. The molecule has 224 valence electrons. The highest BCUT2D eigenvalue weighted by atomic mass is 35.5. The summed E-state index contributed by atoms with van der Waals surface area (Å²) in [5, 5.41) is 1.80. The van der Waals surface area contributed by atoms with Crippen molar-refractivity contribution in [3.63, 3.8) is 0 Å². The van der Waals surface area contributed by atoms with Gasteiger partial charge < -0.3 is 10.6 Å². The molecule has 0 saturated heterocycles. The summed E-state index contributed by atoms with van der Waals surface area (Å²) < 4.78 is 88.8. The third kappa shape index (κ3) is 6.28. The fraction of sp³-hybridized carbons (Fsp3) is 0.103. The van der Waals surface area contributed by atoms with Gasteiger partial charge in [-0.1, -0.05) is 82.8 Å². The van der Waals surface area contributed by atoms with Crippen molar-refractivity contribution in [3.8, 4) is 0 Å². The number of benzene rings is 4. The molecule has 4 aromatic rings. The zero-order valence-electron chi connectivity index (χ0n) is 21.2. The Bertz CT molecular complexity index is 1510. The van der Waals surface area contributed by atoms with E-state index in [1.54, 1.807) is 12.1 Å². The minimum atomic E-state index is -6.05. The first kappa shape index (κ1) is 32.5. The van der Waals surface area contributed by atoms with Gasteiger partial charge in [-0.3, -0.25) is 9.59 Å². The standard InChI is InChI=1S/C29H16Cl4F6N2O2/c30-19-11-17(12-20(31)23(19)40-25(42)15-7-3-1-4-8-15)27(28(34,35)36,29(37,38)39)18-13-21(32)24(22(33)14-18)41-26(43)16-9-5-2-6-10-16/h1-14H,(H,40,42)(H,41,43). The van der Waals surface area contributed by atoms with Gasteiger partial charge in [-0.05, 0) is 59.7 Å². The van der Waals surface area contributed by atoms with Crippen LogP contribution in [0.15, 0.2) is 84.9 Å². The molecule has 2 N–H and O–H groups in total. The van der Waals surface area contributed by atoms with Crippen molar-refractivity contribution >= 4 is 69.6 Å². The van der Waals surface area contributed by atoms with Crippen LogP contribution in [0.4, 0.5) is 37.7 Å². The maximum atomic E-state index is 14.8. The van der Waals surface area contributed by atoms with Crippen LogP contribution in [-0.2, 0) is 5.41 Å². The Hall–Kier alpha value is -3.44. The van der Waals surface area contributed by atoms with E-state index in [2.05, 4.69) is 10.6 Å². The van der Waals surface area contributed by atoms with Crippen LogP contribution in [0.5, 0.6) is 0 Å². The average molecular weight is 680 g/mol. The van der Waals surface area contributed by atoms with Gasteiger partial charge in [0.15, 0.2) is 0 Å². The van der Waals surface area contributed by atoms with Crippen LogP contribution in [0.1, 0.15) is 31.8 Å². The lowest BCUT2D eigenvalue weighted by Gasteiger charge is -2.39. The van der Waals surface area contributed by atoms with Crippen LogP contribution in [0.3, 0.4) is 0 Å². The van der Waals surface area contributed by atoms with Crippen LogP contribution < -0.4 is 10.6 Å². The predicted octanol–water partition coefficient (Wildman–Crippen LogP) is 10.2. The molecule has 2 amide bonds. The van der Waals surface area contributed by atoms with Crippen molar-refractivity contribution in [2.75, 3.05) is 10.6 Å². The molecule has 0 radical (unpaired) electrons. The molecule has 0 spiro atoms. The van der Waals surface area contributed by atoms with Crippen molar-refractivity contribution in [3.05, 3.63) is 127 Å². The number of amides is 2. The highest BCUT2D eigenvalue weighted by Crippen LogP contribution is 2.58. The summed E-state index contributed by atoms with van der Waals surface area (Å²) in [6, 6.07) is 16.7. The second-order valence-corrected chi connectivity index (χ2v) is 10.6. The number of carbonyl (C=O) groups is 2. The Morgan fingerprint density at radius 1 is 0.512 bits per heavy atom. The number of halogens is 10. The van der Waals surface area contributed by atoms with Crippen LogP contribution in [0, 0.1) is 0 Å². The molecule has 0 aromatic heterocycles. The number of alkyl halides is 6. The summed E-state index contributed by atoms with van der Waals surface area (Å²) in [7, 11) is 0. The maximum absolute atomic E-state index is 14.8. The lowest BCUT2D eigenvalue weighted by Crippen LogP contribution is -2.54. The van der Waals surface area contributed by atoms with Crippen molar-refractivity contribution in [2.24, 2.45) is 0 Å². The number of anilines is 2. The Labute approximate surface area is 260 Å². The first-order valence-electron chi connectivity index (χ1n) is 11.9. The van der Waals surface area contributed by atoms with E-state index in [-0.39, 0.29) is 11.1 Å². The summed E-state index contributed by atoms with van der Waals surface area (Å²) in [4.78, 5) is 25.1. The van der Waals surface area contributed by atoms with E-state index in [0.717, 1.165) is 0 Å². The second-order valence-electron chi connectivity index (χ2n) is 9.02. The normalized spacial score (nSPS) is 12.1. The SMILES string of the molecule is O=C(Nc1c(Cl)cc(C(c2cc(Cl)c(NC(=O)c3ccccc3)c(Cl)c2)(C(F)(F)F)C(F)(F)F)cc1Cl)c1ccccc1. The van der Waals surface area contributed by atoms with Gasteiger partial charge in [0, 0.05) is 11.1 Å². The van der Waals surface area contributed by atoms with E-state index in [1.807, 2.05) is 0 Å². The number of hydrogen-bond donors (Lipinski definition) is 2. The lowest BCUT2D eigenvalue weighted by atomic mass is 9.72. The maximum Gasteiger partial charge on any atom is 0.411 e. The van der Waals surface area contributed by atoms with E-state index >= 15 is 0 Å². The minimum Gasteiger partial charge on any atom is -0.319 e. The zero-order valence-corrected chi connectivity index (χ0v) is 24.2. The summed E-state index contributed by atoms with van der Waals surface area (Å²) in [6.07, 6.45) is -12.1. The van der Waals surface area contributed by atoms with Gasteiger partial charge in [0.25, 0.3) is 11.8 Å². The van der Waals surface area contributed by atoms with Gasteiger partial charge in [0.05, 0.1) is 31.5 Å². The van der Waals surface area contributed by atoms with Gasteiger partial charge in [0.1, 0.15) is 0 Å². The summed E-state index contributed by atoms with van der Waals surface area (Å²) in [5.74, 6) is -1.52. The molecule has 0 bridgehead atoms. The molecule has 0 fully saturated rings. The Morgan fingerprint density at radius 2 is 0.791 bits per heavy atom. The largest absolute Gasteiger partial charge is 0.411 e. The fourth-order valence-corrected chi connectivity index (χ4v) is 5.51. The van der Waals surface area contributed by atoms with Gasteiger partial charge in [-0.25, -0.2) is 0 Å². The molecule has 0 aliphatic carbocycles. The first-order valence-corrected chi connectivity index (χ1v) is 13.4. The van der Waals surface area contributed by atoms with Crippen LogP contribution in [-0.4, -0.2) is 24.2 Å². The van der Waals surface area contributed by atoms with Crippen LogP contribution in [0.25, 0.3) is 0 Å². The van der Waals surface area contributed by atoms with E-state index in [0.29, 0.717) is 24.3 Å². The summed E-state index contributed by atoms with van der Waals surface area (Å²) in [5.41, 5.74) is -8.15. The topological polar surface area (TPSA) is 58.2 Å². The highest BCUT2D eigenvalue weighted by molar-refractivity contribution is 6.41. The van der Waals surface area contributed by atoms with Gasteiger partial charge >= 0.3 is 12.4 Å². The van der Waals surface area contributed by atoms with E-state index < -0.39 is 72.2 Å². The van der Waals surface area contributed by atoms with Crippen molar-refractivity contribution < 1.29 is 35.9 Å². The molecule has 43 heavy (non-hydrogen) atoms. The fourth-order valence-electron chi connectivity index (χ4n) is 4.35. The van der Waals surface area contributed by atoms with Gasteiger partial charge in [-0.2, -0.15) is 26.3 Å². The Morgan fingerprint density at radius 3 is 1.05 bits per heavy atom. The Kier molecular flexibility index (Phi) is 9.27. The molecule has 14 heteroatoms. The molecule has 4 nitrogen and oxygen atoms in total. The van der Waals surface area contributed by atoms with Crippen molar-refractivity contribution in [1.29, 1.82) is 0 Å². The number of carbonyl (C=O) groups excluding carboxylic acids is 2. The zero-order chi connectivity index (χ0) is 31.7. The highest BCUT2D eigenvalue weighted by Gasteiger charge is 2.72. The average Bonchev–Trinajstić information content (AvgIpc) is 2.92. The Balaban J connectivity index is 1.85. The number of rotatable bonds is 6. The molecule has 4 rings (SSSR count). The molecule has 0 aliphatic heterocycles. The third-order valence-corrected chi connectivity index (χ3v) is 7.54. The monoisotopic (exact) mass is 678 g/mol.